The minimum absolute atomic E-state index is 0.143. The van der Waals surface area contributed by atoms with Gasteiger partial charge in [0.15, 0.2) is 0 Å². The third-order valence-corrected chi connectivity index (χ3v) is 4.83. The molecule has 0 spiro atoms. The Morgan fingerprint density at radius 3 is 2.74 bits per heavy atom. The van der Waals surface area contributed by atoms with Crippen LogP contribution in [-0.2, 0) is 6.42 Å². The highest BCUT2D eigenvalue weighted by atomic mass is 32.1. The fourth-order valence-electron chi connectivity index (χ4n) is 2.65. The molecular weight excluding hydrogens is 254 g/mol. The Bertz CT molecular complexity index is 599. The van der Waals surface area contributed by atoms with Gasteiger partial charge >= 0.3 is 0 Å². The van der Waals surface area contributed by atoms with Crippen LogP contribution >= 0.6 is 11.3 Å². The van der Waals surface area contributed by atoms with Crippen molar-refractivity contribution < 1.29 is 4.79 Å². The minimum Gasteiger partial charge on any atom is -0.331 e. The number of amides is 1. The van der Waals surface area contributed by atoms with E-state index in [9.17, 15) is 4.79 Å². The van der Waals surface area contributed by atoms with Gasteiger partial charge in [0.05, 0.1) is 6.04 Å². The Hall–Kier alpha value is -1.61. The number of thiophene rings is 1. The maximum absolute atomic E-state index is 12.6. The van der Waals surface area contributed by atoms with Crippen LogP contribution in [0.4, 0.5) is 0 Å². The summed E-state index contributed by atoms with van der Waals surface area (Å²) in [5.74, 6) is 0.143. The number of aryl methyl sites for hydroxylation is 1. The molecule has 0 aliphatic carbocycles. The van der Waals surface area contributed by atoms with Crippen LogP contribution in [-0.4, -0.2) is 17.4 Å². The summed E-state index contributed by atoms with van der Waals surface area (Å²) in [6, 6.07) is 10.2. The lowest BCUT2D eigenvalue weighted by Gasteiger charge is -2.33. The van der Waals surface area contributed by atoms with E-state index >= 15 is 0 Å². The molecule has 2 nitrogen and oxygen atoms in total. The summed E-state index contributed by atoms with van der Waals surface area (Å²) in [5.41, 5.74) is 3.29. The third kappa shape index (κ3) is 2.19. The summed E-state index contributed by atoms with van der Waals surface area (Å²) in [5, 5.41) is 2.13. The number of carbonyl (C=O) groups is 1. The first-order valence-corrected chi connectivity index (χ1v) is 7.48. The van der Waals surface area contributed by atoms with Crippen LogP contribution in [0.1, 0.15) is 39.3 Å². The monoisotopic (exact) mass is 271 g/mol. The van der Waals surface area contributed by atoms with Crippen LogP contribution in [0.25, 0.3) is 0 Å². The van der Waals surface area contributed by atoms with Gasteiger partial charge in [0.25, 0.3) is 5.91 Å². The average Bonchev–Trinajstić information content (AvgIpc) is 2.88. The molecule has 3 rings (SSSR count). The van der Waals surface area contributed by atoms with E-state index in [0.29, 0.717) is 0 Å². The maximum atomic E-state index is 12.6. The number of benzene rings is 1. The van der Waals surface area contributed by atoms with Gasteiger partial charge in [0, 0.05) is 17.0 Å². The number of carbonyl (C=O) groups excluding carboxylic acids is 1. The van der Waals surface area contributed by atoms with Gasteiger partial charge in [-0.25, -0.2) is 0 Å². The van der Waals surface area contributed by atoms with E-state index in [1.165, 1.54) is 16.0 Å². The van der Waals surface area contributed by atoms with E-state index < -0.39 is 0 Å². The summed E-state index contributed by atoms with van der Waals surface area (Å²) in [6.45, 7) is 4.98. The van der Waals surface area contributed by atoms with Crippen molar-refractivity contribution in [3.63, 3.8) is 0 Å². The Labute approximate surface area is 117 Å². The van der Waals surface area contributed by atoms with Crippen molar-refractivity contribution in [1.82, 2.24) is 4.90 Å². The number of hydrogen-bond donors (Lipinski definition) is 0. The van der Waals surface area contributed by atoms with Crippen LogP contribution in [0.5, 0.6) is 0 Å². The fraction of sp³-hybridized carbons (Fsp3) is 0.312. The highest BCUT2D eigenvalue weighted by Gasteiger charge is 2.28. The molecule has 0 bridgehead atoms. The van der Waals surface area contributed by atoms with Gasteiger partial charge in [-0.1, -0.05) is 17.7 Å². The Kier molecular flexibility index (Phi) is 3.15. The molecule has 2 heterocycles. The number of rotatable bonds is 1. The molecule has 1 aliphatic heterocycles. The topological polar surface area (TPSA) is 20.3 Å². The van der Waals surface area contributed by atoms with Gasteiger partial charge in [-0.2, -0.15) is 0 Å². The molecular formula is C16H17NOS. The van der Waals surface area contributed by atoms with E-state index in [4.69, 9.17) is 0 Å². The second-order valence-electron chi connectivity index (χ2n) is 5.09. The van der Waals surface area contributed by atoms with Crippen LogP contribution in [0.15, 0.2) is 35.7 Å². The van der Waals surface area contributed by atoms with Crippen LogP contribution in [0.2, 0.25) is 0 Å². The average molecular weight is 271 g/mol. The molecule has 1 unspecified atom stereocenters. The Morgan fingerprint density at radius 1 is 1.26 bits per heavy atom. The summed E-state index contributed by atoms with van der Waals surface area (Å²) in [7, 11) is 0. The standard InChI is InChI=1S/C16H17NOS/c1-11-3-5-13(6-4-11)16(18)17-9-7-15-14(12(17)2)8-10-19-15/h3-6,8,10,12H,7,9H2,1-2H3. The lowest BCUT2D eigenvalue weighted by molar-refractivity contribution is 0.0679. The van der Waals surface area contributed by atoms with E-state index in [2.05, 4.69) is 18.4 Å². The van der Waals surface area contributed by atoms with Crippen molar-refractivity contribution in [2.75, 3.05) is 6.54 Å². The van der Waals surface area contributed by atoms with Crippen LogP contribution in [0, 0.1) is 6.92 Å². The van der Waals surface area contributed by atoms with Crippen molar-refractivity contribution >= 4 is 17.2 Å². The quantitative estimate of drug-likeness (QED) is 0.772. The Morgan fingerprint density at radius 2 is 2.00 bits per heavy atom. The van der Waals surface area contributed by atoms with E-state index in [1.54, 1.807) is 11.3 Å². The van der Waals surface area contributed by atoms with Crippen molar-refractivity contribution in [3.8, 4) is 0 Å². The molecule has 98 valence electrons. The number of hydrogen-bond acceptors (Lipinski definition) is 2. The molecule has 0 radical (unpaired) electrons. The molecule has 1 amide bonds. The van der Waals surface area contributed by atoms with Crippen molar-refractivity contribution in [2.24, 2.45) is 0 Å². The van der Waals surface area contributed by atoms with Crippen molar-refractivity contribution in [1.29, 1.82) is 0 Å². The molecule has 1 aliphatic rings. The number of fused-ring (bicyclic) bond motifs is 1. The lowest BCUT2D eigenvalue weighted by atomic mass is 10.00. The van der Waals surface area contributed by atoms with Gasteiger partial charge in [-0.05, 0) is 49.4 Å². The summed E-state index contributed by atoms with van der Waals surface area (Å²) < 4.78 is 0. The smallest absolute Gasteiger partial charge is 0.254 e. The summed E-state index contributed by atoms with van der Waals surface area (Å²) in [6.07, 6.45) is 0.981. The first-order valence-electron chi connectivity index (χ1n) is 6.60. The highest BCUT2D eigenvalue weighted by molar-refractivity contribution is 7.10. The number of nitrogens with zero attached hydrogens (tertiary/aromatic N) is 1. The van der Waals surface area contributed by atoms with E-state index in [0.717, 1.165) is 18.5 Å². The Balaban J connectivity index is 1.87. The molecule has 19 heavy (non-hydrogen) atoms. The van der Waals surface area contributed by atoms with E-state index in [1.807, 2.05) is 36.1 Å². The summed E-state index contributed by atoms with van der Waals surface area (Å²) in [4.78, 5) is 16.0. The second-order valence-corrected chi connectivity index (χ2v) is 6.09. The zero-order valence-corrected chi connectivity index (χ0v) is 12.0. The SMILES string of the molecule is Cc1ccc(C(=O)N2CCc3sccc3C2C)cc1. The van der Waals surface area contributed by atoms with E-state index in [-0.39, 0.29) is 11.9 Å². The zero-order valence-electron chi connectivity index (χ0n) is 11.2. The van der Waals surface area contributed by atoms with Crippen LogP contribution in [0.3, 0.4) is 0 Å². The predicted molar refractivity (Wildman–Crippen MR) is 78.7 cm³/mol. The largest absolute Gasteiger partial charge is 0.331 e. The lowest BCUT2D eigenvalue weighted by Crippen LogP contribution is -2.38. The highest BCUT2D eigenvalue weighted by Crippen LogP contribution is 2.33. The molecule has 0 fully saturated rings. The maximum Gasteiger partial charge on any atom is 0.254 e. The van der Waals surface area contributed by atoms with Crippen molar-refractivity contribution in [3.05, 3.63) is 57.3 Å². The summed E-state index contributed by atoms with van der Waals surface area (Å²) >= 11 is 1.80. The molecule has 3 heteroatoms. The molecule has 1 aromatic heterocycles. The molecule has 0 N–H and O–H groups in total. The minimum atomic E-state index is 0.143. The zero-order chi connectivity index (χ0) is 13.4. The molecule has 0 saturated carbocycles. The third-order valence-electron chi connectivity index (χ3n) is 3.84. The van der Waals surface area contributed by atoms with Gasteiger partial charge in [-0.3, -0.25) is 4.79 Å². The van der Waals surface area contributed by atoms with Gasteiger partial charge in [-0.15, -0.1) is 11.3 Å². The molecule has 2 aromatic rings. The molecule has 1 atom stereocenters. The first-order chi connectivity index (χ1) is 9.16. The normalized spacial score (nSPS) is 18.2. The molecule has 0 saturated heterocycles. The van der Waals surface area contributed by atoms with Gasteiger partial charge in [0.2, 0.25) is 0 Å². The van der Waals surface area contributed by atoms with Gasteiger partial charge < -0.3 is 4.90 Å². The first kappa shape index (κ1) is 12.4. The van der Waals surface area contributed by atoms with Gasteiger partial charge in [0.1, 0.15) is 0 Å². The predicted octanol–water partition coefficient (Wildman–Crippen LogP) is 3.82. The second kappa shape index (κ2) is 4.82. The molecule has 1 aromatic carbocycles. The van der Waals surface area contributed by atoms with Crippen molar-refractivity contribution in [2.45, 2.75) is 26.3 Å². The fourth-order valence-corrected chi connectivity index (χ4v) is 3.61. The van der Waals surface area contributed by atoms with Crippen LogP contribution < -0.4 is 0 Å².